The maximum Gasteiger partial charge on any atom is 0.305 e. The number of carbonyl (C=O) groups excluding carboxylic acids is 2. The minimum absolute atomic E-state index is 0.00811. The molecule has 44 heavy (non-hydrogen) atoms. The Kier molecular flexibility index (Phi) is 6.86. The fourth-order valence-corrected chi connectivity index (χ4v) is 11.3. The Labute approximate surface area is 271 Å². The van der Waals surface area contributed by atoms with Crippen molar-refractivity contribution in [3.05, 3.63) is 102 Å². The number of imide groups is 1. The van der Waals surface area contributed by atoms with Crippen LogP contribution in [0.2, 0.25) is 10.0 Å². The first-order chi connectivity index (χ1) is 21.3. The Morgan fingerprint density at radius 3 is 2.43 bits per heavy atom. The average Bonchev–Trinajstić information content (AvgIpc) is 3.75. The molecule has 2 aliphatic carbocycles. The van der Waals surface area contributed by atoms with Crippen LogP contribution >= 0.6 is 46.3 Å². The van der Waals surface area contributed by atoms with Crippen molar-refractivity contribution in [2.45, 2.75) is 29.2 Å². The van der Waals surface area contributed by atoms with Crippen LogP contribution in [0, 0.1) is 29.6 Å². The van der Waals surface area contributed by atoms with Crippen LogP contribution in [0.3, 0.4) is 0 Å². The SMILES string of the molecule is COc1ccc(N2C(=O)[C@H]3[C@H]4C[C@@H]([C@@H]3C2=O)[C@H]2[C@H](c3cc(Cl)ccc3OCc3cccc(Cl)c3)c3sc(=O)[nH]c3S[C@H]42)cc1. The lowest BCUT2D eigenvalue weighted by Gasteiger charge is -2.43. The molecule has 1 N–H and O–H groups in total. The number of methoxy groups -OCH3 is 1. The molecule has 2 aliphatic heterocycles. The summed E-state index contributed by atoms with van der Waals surface area (Å²) in [6.07, 6.45) is 0.792. The number of halogens is 2. The number of aromatic amines is 1. The topological polar surface area (TPSA) is 88.7 Å². The summed E-state index contributed by atoms with van der Waals surface area (Å²) in [5, 5.41) is 2.08. The summed E-state index contributed by atoms with van der Waals surface area (Å²) >= 11 is 15.7. The smallest absolute Gasteiger partial charge is 0.305 e. The number of fused-ring (bicyclic) bond motifs is 9. The molecule has 0 spiro atoms. The summed E-state index contributed by atoms with van der Waals surface area (Å²) in [6.45, 7) is 0.307. The Hall–Kier alpha value is -3.24. The molecule has 11 heteroatoms. The van der Waals surface area contributed by atoms with E-state index in [1.54, 1.807) is 49.2 Å². The lowest BCUT2D eigenvalue weighted by atomic mass is 9.68. The largest absolute Gasteiger partial charge is 0.497 e. The van der Waals surface area contributed by atoms with Gasteiger partial charge in [0.05, 0.1) is 29.7 Å². The number of nitrogens with zero attached hydrogens (tertiary/aromatic N) is 1. The molecule has 3 heterocycles. The van der Waals surface area contributed by atoms with E-state index in [2.05, 4.69) is 4.98 Å². The molecule has 2 saturated carbocycles. The number of anilines is 1. The van der Waals surface area contributed by atoms with E-state index in [1.165, 1.54) is 16.2 Å². The average molecular weight is 666 g/mol. The van der Waals surface area contributed by atoms with Crippen molar-refractivity contribution in [2.75, 3.05) is 12.0 Å². The number of hydrogen-bond donors (Lipinski definition) is 1. The lowest BCUT2D eigenvalue weighted by Crippen LogP contribution is -2.42. The molecular formula is C33H26Cl2N2O5S2. The maximum absolute atomic E-state index is 14.1. The van der Waals surface area contributed by atoms with E-state index in [0.717, 1.165) is 27.5 Å². The van der Waals surface area contributed by atoms with Crippen molar-refractivity contribution >= 4 is 63.8 Å². The molecule has 7 nitrogen and oxygen atoms in total. The first kappa shape index (κ1) is 28.2. The number of amides is 2. The number of nitrogens with one attached hydrogen (secondary N) is 1. The van der Waals surface area contributed by atoms with Crippen molar-refractivity contribution in [3.63, 3.8) is 0 Å². The molecule has 4 aliphatic rings. The number of rotatable bonds is 6. The number of thioether (sulfide) groups is 1. The highest BCUT2D eigenvalue weighted by Crippen LogP contribution is 2.69. The number of thiazole rings is 1. The van der Waals surface area contributed by atoms with Crippen molar-refractivity contribution in [3.8, 4) is 11.5 Å². The summed E-state index contributed by atoms with van der Waals surface area (Å²) in [6, 6.07) is 20.2. The van der Waals surface area contributed by atoms with Crippen LogP contribution in [0.25, 0.3) is 0 Å². The van der Waals surface area contributed by atoms with Gasteiger partial charge < -0.3 is 14.5 Å². The van der Waals surface area contributed by atoms with Crippen molar-refractivity contribution in [2.24, 2.45) is 29.6 Å². The third-order valence-electron chi connectivity index (χ3n) is 9.64. The van der Waals surface area contributed by atoms with E-state index in [0.29, 0.717) is 33.8 Å². The monoisotopic (exact) mass is 664 g/mol. The zero-order valence-electron chi connectivity index (χ0n) is 23.4. The van der Waals surface area contributed by atoms with Gasteiger partial charge in [0.25, 0.3) is 0 Å². The molecule has 1 saturated heterocycles. The summed E-state index contributed by atoms with van der Waals surface area (Å²) in [4.78, 5) is 46.0. The van der Waals surface area contributed by atoms with Gasteiger partial charge in [-0.05, 0) is 84.3 Å². The highest BCUT2D eigenvalue weighted by molar-refractivity contribution is 8.00. The molecule has 0 radical (unpaired) electrons. The summed E-state index contributed by atoms with van der Waals surface area (Å²) in [5.41, 5.74) is 2.38. The van der Waals surface area contributed by atoms with Gasteiger partial charge in [-0.3, -0.25) is 19.3 Å². The molecule has 3 fully saturated rings. The fraction of sp³-hybridized carbons (Fsp3) is 0.303. The summed E-state index contributed by atoms with van der Waals surface area (Å²) in [5.74, 6) is 0.0406. The number of benzene rings is 3. The fourth-order valence-electron chi connectivity index (χ4n) is 8.03. The number of aromatic nitrogens is 1. The molecular weight excluding hydrogens is 639 g/mol. The van der Waals surface area contributed by atoms with Gasteiger partial charge >= 0.3 is 4.87 Å². The molecule has 2 bridgehead atoms. The Morgan fingerprint density at radius 1 is 0.932 bits per heavy atom. The molecule has 4 aromatic rings. The second-order valence-corrected chi connectivity index (χ2v) is 14.8. The summed E-state index contributed by atoms with van der Waals surface area (Å²) in [7, 11) is 1.58. The zero-order valence-corrected chi connectivity index (χ0v) is 26.5. The van der Waals surface area contributed by atoms with Crippen molar-refractivity contribution in [1.82, 2.24) is 4.98 Å². The van der Waals surface area contributed by atoms with Crippen LogP contribution in [0.15, 0.2) is 76.6 Å². The maximum atomic E-state index is 14.1. The number of ether oxygens (including phenoxy) is 2. The van der Waals surface area contributed by atoms with Crippen LogP contribution in [0.5, 0.6) is 11.5 Å². The van der Waals surface area contributed by atoms with Crippen LogP contribution in [0.1, 0.15) is 28.3 Å². The van der Waals surface area contributed by atoms with Crippen molar-refractivity contribution < 1.29 is 19.1 Å². The van der Waals surface area contributed by atoms with E-state index in [1.807, 2.05) is 36.4 Å². The third-order valence-corrected chi connectivity index (χ3v) is 12.7. The van der Waals surface area contributed by atoms with Crippen molar-refractivity contribution in [1.29, 1.82) is 0 Å². The summed E-state index contributed by atoms with van der Waals surface area (Å²) < 4.78 is 11.7. The number of carbonyl (C=O) groups is 2. The second kappa shape index (κ2) is 10.7. The van der Waals surface area contributed by atoms with Gasteiger partial charge in [-0.25, -0.2) is 0 Å². The number of H-pyrrole nitrogens is 1. The van der Waals surface area contributed by atoms with E-state index in [-0.39, 0.29) is 51.5 Å². The van der Waals surface area contributed by atoms with Crippen LogP contribution in [-0.2, 0) is 16.2 Å². The first-order valence-corrected chi connectivity index (χ1v) is 16.9. The molecule has 2 amide bonds. The zero-order chi connectivity index (χ0) is 30.3. The van der Waals surface area contributed by atoms with Crippen LogP contribution in [0.4, 0.5) is 5.69 Å². The Balaban J connectivity index is 1.19. The van der Waals surface area contributed by atoms with Gasteiger partial charge in [0.1, 0.15) is 18.1 Å². The minimum Gasteiger partial charge on any atom is -0.497 e. The minimum atomic E-state index is -0.411. The quantitative estimate of drug-likeness (QED) is 0.223. The van der Waals surface area contributed by atoms with Gasteiger partial charge in [0.15, 0.2) is 0 Å². The van der Waals surface area contributed by atoms with Crippen LogP contribution in [-0.4, -0.2) is 29.2 Å². The molecule has 0 unspecified atom stereocenters. The molecule has 8 rings (SSSR count). The van der Waals surface area contributed by atoms with Crippen LogP contribution < -0.4 is 19.2 Å². The highest BCUT2D eigenvalue weighted by Gasteiger charge is 2.69. The first-order valence-electron chi connectivity index (χ1n) is 14.4. The lowest BCUT2D eigenvalue weighted by molar-refractivity contribution is -0.123. The highest BCUT2D eigenvalue weighted by atomic mass is 35.5. The molecule has 7 atom stereocenters. The predicted octanol–water partition coefficient (Wildman–Crippen LogP) is 7.01. The predicted molar refractivity (Wildman–Crippen MR) is 171 cm³/mol. The van der Waals surface area contributed by atoms with E-state index in [9.17, 15) is 14.4 Å². The van der Waals surface area contributed by atoms with Gasteiger partial charge in [0, 0.05) is 31.7 Å². The van der Waals surface area contributed by atoms with E-state index >= 15 is 0 Å². The van der Waals surface area contributed by atoms with Gasteiger partial charge in [-0.2, -0.15) is 0 Å². The molecule has 1 aromatic heterocycles. The normalized spacial score (nSPS) is 28.2. The Bertz CT molecular complexity index is 1870. The van der Waals surface area contributed by atoms with Gasteiger partial charge in [0.2, 0.25) is 11.8 Å². The van der Waals surface area contributed by atoms with Gasteiger partial charge in [-0.1, -0.05) is 46.7 Å². The standard InChI is InChI=1S/C33H26Cl2N2O5S2/c1-41-19-8-6-18(7-9-19)37-31(38)26-21-13-22(27(26)32(37)39)28-25(21)24(29-30(43-28)36-33(40)44-29)20-12-17(35)5-10-23(20)42-14-15-3-2-4-16(34)11-15/h2-12,21-22,24-28H,13-14H2,1H3,(H,36,40)/t21-,22-,24+,25+,26+,27+,28-/m1/s1. The Morgan fingerprint density at radius 2 is 1.68 bits per heavy atom. The molecule has 224 valence electrons. The number of hydrogen-bond acceptors (Lipinski definition) is 7. The van der Waals surface area contributed by atoms with Gasteiger partial charge in [-0.15, -0.1) is 11.8 Å². The molecule has 3 aromatic carbocycles. The van der Waals surface area contributed by atoms with E-state index < -0.39 is 5.92 Å². The second-order valence-electron chi connectivity index (χ2n) is 11.8. The third kappa shape index (κ3) is 4.35. The van der Waals surface area contributed by atoms with E-state index in [4.69, 9.17) is 32.7 Å².